The first kappa shape index (κ1) is 35.5. The third-order valence-electron chi connectivity index (χ3n) is 6.44. The molecule has 0 radical (unpaired) electrons. The molecule has 0 fully saturated rings. The Hall–Kier alpha value is -4.31. The fourth-order valence-electron chi connectivity index (χ4n) is 4.49. The molecule has 0 spiro atoms. The second-order valence-corrected chi connectivity index (χ2v) is 11.1. The van der Waals surface area contributed by atoms with Crippen molar-refractivity contribution in [2.75, 3.05) is 59.5 Å². The van der Waals surface area contributed by atoms with Gasteiger partial charge in [-0.2, -0.15) is 13.2 Å². The minimum Gasteiger partial charge on any atom is -0.480 e. The number of pyridine rings is 2. The third-order valence-corrected chi connectivity index (χ3v) is 6.44. The van der Waals surface area contributed by atoms with Gasteiger partial charge in [0.05, 0.1) is 57.3 Å². The number of hydrogen-bond donors (Lipinski definition) is 1. The highest BCUT2D eigenvalue weighted by Crippen LogP contribution is 2.39. The molecule has 0 aliphatic heterocycles. The number of hydrogen-bond acceptors (Lipinski definition) is 10. The lowest BCUT2D eigenvalue weighted by molar-refractivity contribution is -0.143. The Morgan fingerprint density at radius 3 is 2.04 bits per heavy atom. The van der Waals surface area contributed by atoms with Gasteiger partial charge in [0.25, 0.3) is 0 Å². The standard InChI is InChI=1S/C32H36F3N3O9/c1-31(2,3)47-30(41)38-26-6-7-36-19-24(26)23-5-4-21(17-27(23)38)22-16-25(32(33,34)35)29(37-18-22)46-15-14-44-11-10-42-8-9-43-12-13-45-20-28(39)40/h4-7,16-19H,8-15,20H2,1-3H3,(H,39,40). The van der Waals surface area contributed by atoms with Gasteiger partial charge >= 0.3 is 18.2 Å². The van der Waals surface area contributed by atoms with Crippen LogP contribution >= 0.6 is 0 Å². The fourth-order valence-corrected chi connectivity index (χ4v) is 4.49. The van der Waals surface area contributed by atoms with Crippen molar-refractivity contribution in [3.8, 4) is 17.0 Å². The molecule has 12 nitrogen and oxygen atoms in total. The number of halogens is 3. The van der Waals surface area contributed by atoms with Crippen LogP contribution in [0.1, 0.15) is 26.3 Å². The van der Waals surface area contributed by atoms with E-state index in [2.05, 4.69) is 9.97 Å². The van der Waals surface area contributed by atoms with Crippen LogP contribution in [-0.2, 0) is 34.7 Å². The van der Waals surface area contributed by atoms with Gasteiger partial charge in [-0.3, -0.25) is 4.98 Å². The Labute approximate surface area is 268 Å². The number of carboxylic acid groups (broad SMARTS) is 1. The van der Waals surface area contributed by atoms with E-state index in [1.54, 1.807) is 57.4 Å². The second-order valence-electron chi connectivity index (χ2n) is 11.1. The van der Waals surface area contributed by atoms with Crippen molar-refractivity contribution in [3.63, 3.8) is 0 Å². The molecule has 4 rings (SSSR count). The summed E-state index contributed by atoms with van der Waals surface area (Å²) in [6.07, 6.45) is -0.932. The van der Waals surface area contributed by atoms with E-state index in [1.165, 1.54) is 10.8 Å². The molecule has 1 aromatic carbocycles. The Morgan fingerprint density at radius 2 is 1.43 bits per heavy atom. The molecule has 0 amide bonds. The Balaban J connectivity index is 1.36. The number of carbonyl (C=O) groups is 2. The van der Waals surface area contributed by atoms with Crippen LogP contribution in [0, 0.1) is 0 Å². The quantitative estimate of drug-likeness (QED) is 0.150. The number of aromatic nitrogens is 3. The minimum atomic E-state index is -4.75. The molecule has 254 valence electrons. The number of aliphatic carboxylic acids is 1. The SMILES string of the molecule is CC(C)(C)OC(=O)n1c2ccncc2c2ccc(-c3cnc(OCCOCCOCCOCCOCC(=O)O)c(C(F)(F)F)c3)cc21. The highest BCUT2D eigenvalue weighted by Gasteiger charge is 2.36. The maximum absolute atomic E-state index is 14.1. The summed E-state index contributed by atoms with van der Waals surface area (Å²) in [7, 11) is 0. The lowest BCUT2D eigenvalue weighted by Gasteiger charge is -2.20. The van der Waals surface area contributed by atoms with Crippen molar-refractivity contribution >= 4 is 33.9 Å². The summed E-state index contributed by atoms with van der Waals surface area (Å²) < 4.78 is 75.3. The van der Waals surface area contributed by atoms with Gasteiger partial charge < -0.3 is 33.5 Å². The molecule has 0 atom stereocenters. The van der Waals surface area contributed by atoms with E-state index in [1.807, 2.05) is 0 Å². The molecule has 0 saturated carbocycles. The van der Waals surface area contributed by atoms with E-state index in [-0.39, 0.29) is 65.0 Å². The molecule has 0 aliphatic rings. The van der Waals surface area contributed by atoms with Crippen molar-refractivity contribution < 1.29 is 56.3 Å². The minimum absolute atomic E-state index is 0.00223. The number of rotatable bonds is 16. The summed E-state index contributed by atoms with van der Waals surface area (Å²) in [5.74, 6) is -1.64. The number of fused-ring (bicyclic) bond motifs is 3. The van der Waals surface area contributed by atoms with Gasteiger partial charge in [0.15, 0.2) is 0 Å². The maximum atomic E-state index is 14.1. The molecule has 3 aromatic heterocycles. The van der Waals surface area contributed by atoms with Gasteiger partial charge in [-0.1, -0.05) is 12.1 Å². The molecular formula is C32H36F3N3O9. The van der Waals surface area contributed by atoms with E-state index in [0.29, 0.717) is 27.4 Å². The lowest BCUT2D eigenvalue weighted by atomic mass is 10.0. The van der Waals surface area contributed by atoms with Crippen LogP contribution in [0.25, 0.3) is 32.9 Å². The smallest absolute Gasteiger partial charge is 0.421 e. The molecule has 1 N–H and O–H groups in total. The average molecular weight is 664 g/mol. The van der Waals surface area contributed by atoms with Gasteiger partial charge in [-0.25, -0.2) is 19.1 Å². The summed E-state index contributed by atoms with van der Waals surface area (Å²) in [5.41, 5.74) is -0.240. The summed E-state index contributed by atoms with van der Waals surface area (Å²) >= 11 is 0. The molecule has 3 heterocycles. The second kappa shape index (κ2) is 16.0. The topological polar surface area (TPSA) is 140 Å². The Morgan fingerprint density at radius 1 is 0.787 bits per heavy atom. The monoisotopic (exact) mass is 663 g/mol. The first-order chi connectivity index (χ1) is 22.3. The fraction of sp³-hybridized carbons (Fsp3) is 0.438. The van der Waals surface area contributed by atoms with E-state index in [0.717, 1.165) is 6.07 Å². The Kier molecular flexibility index (Phi) is 12.1. The summed E-state index contributed by atoms with van der Waals surface area (Å²) in [4.78, 5) is 31.7. The maximum Gasteiger partial charge on any atom is 0.421 e. The van der Waals surface area contributed by atoms with Crippen LogP contribution in [0.2, 0.25) is 0 Å². The average Bonchev–Trinajstić information content (AvgIpc) is 3.33. The highest BCUT2D eigenvalue weighted by atomic mass is 19.4. The molecule has 0 bridgehead atoms. The van der Waals surface area contributed by atoms with Crippen molar-refractivity contribution in [3.05, 3.63) is 54.5 Å². The molecule has 0 saturated heterocycles. The van der Waals surface area contributed by atoms with Gasteiger partial charge in [-0.05, 0) is 44.5 Å². The van der Waals surface area contributed by atoms with Crippen molar-refractivity contribution in [2.24, 2.45) is 0 Å². The van der Waals surface area contributed by atoms with Crippen molar-refractivity contribution in [2.45, 2.75) is 32.5 Å². The lowest BCUT2D eigenvalue weighted by Crippen LogP contribution is -2.27. The number of carbonyl (C=O) groups excluding carboxylic acids is 1. The van der Waals surface area contributed by atoms with Crippen LogP contribution in [0.4, 0.5) is 18.0 Å². The van der Waals surface area contributed by atoms with Crippen LogP contribution in [-0.4, -0.2) is 96.8 Å². The summed E-state index contributed by atoms with van der Waals surface area (Å²) in [5, 5.41) is 9.84. The van der Waals surface area contributed by atoms with Crippen molar-refractivity contribution in [1.29, 1.82) is 0 Å². The summed E-state index contributed by atoms with van der Waals surface area (Å²) in [6.45, 7) is 6.02. The molecule has 15 heteroatoms. The first-order valence-corrected chi connectivity index (χ1v) is 14.7. The molecule has 47 heavy (non-hydrogen) atoms. The van der Waals surface area contributed by atoms with Crippen LogP contribution in [0.5, 0.6) is 5.88 Å². The van der Waals surface area contributed by atoms with E-state index >= 15 is 0 Å². The number of benzene rings is 1. The van der Waals surface area contributed by atoms with Crippen LogP contribution in [0.15, 0.2) is 48.9 Å². The van der Waals surface area contributed by atoms with E-state index in [9.17, 15) is 22.8 Å². The van der Waals surface area contributed by atoms with E-state index < -0.39 is 35.3 Å². The molecule has 0 aliphatic carbocycles. The van der Waals surface area contributed by atoms with E-state index in [4.69, 9.17) is 33.5 Å². The zero-order chi connectivity index (χ0) is 34.0. The van der Waals surface area contributed by atoms with Gasteiger partial charge in [0.1, 0.15) is 24.4 Å². The van der Waals surface area contributed by atoms with Gasteiger partial charge in [0.2, 0.25) is 5.88 Å². The Bertz CT molecular complexity index is 1670. The normalized spacial score (nSPS) is 12.1. The summed E-state index contributed by atoms with van der Waals surface area (Å²) in [6, 6.07) is 7.64. The van der Waals surface area contributed by atoms with Crippen molar-refractivity contribution in [1.82, 2.24) is 14.5 Å². The number of carboxylic acids is 1. The third kappa shape index (κ3) is 10.1. The largest absolute Gasteiger partial charge is 0.480 e. The van der Waals surface area contributed by atoms with Gasteiger partial charge in [-0.15, -0.1) is 0 Å². The molecule has 0 unspecified atom stereocenters. The first-order valence-electron chi connectivity index (χ1n) is 14.7. The zero-order valence-corrected chi connectivity index (χ0v) is 26.2. The number of nitrogens with zero attached hydrogens (tertiary/aromatic N) is 3. The number of alkyl halides is 3. The number of ether oxygens (including phenoxy) is 6. The van der Waals surface area contributed by atoms with Crippen LogP contribution in [0.3, 0.4) is 0 Å². The predicted octanol–water partition coefficient (Wildman–Crippen LogP) is 5.58. The molecular weight excluding hydrogens is 627 g/mol. The predicted molar refractivity (Wildman–Crippen MR) is 164 cm³/mol. The highest BCUT2D eigenvalue weighted by molar-refractivity contribution is 6.13. The van der Waals surface area contributed by atoms with Gasteiger partial charge in [0, 0.05) is 34.9 Å². The van der Waals surface area contributed by atoms with Crippen LogP contribution < -0.4 is 4.74 Å². The molecule has 4 aromatic rings. The zero-order valence-electron chi connectivity index (χ0n) is 26.2.